The van der Waals surface area contributed by atoms with Gasteiger partial charge in [-0.05, 0) is 38.5 Å². The van der Waals surface area contributed by atoms with Crippen LogP contribution in [-0.2, 0) is 9.53 Å². The van der Waals surface area contributed by atoms with Gasteiger partial charge in [0, 0.05) is 25.1 Å². The zero-order valence-corrected chi connectivity index (χ0v) is 15.3. The van der Waals surface area contributed by atoms with E-state index in [1.54, 1.807) is 45.0 Å². The van der Waals surface area contributed by atoms with E-state index in [4.69, 9.17) is 9.47 Å². The van der Waals surface area contributed by atoms with Crippen molar-refractivity contribution in [3.8, 4) is 5.75 Å². The first kappa shape index (κ1) is 19.5. The third-order valence-electron chi connectivity index (χ3n) is 3.50. The Morgan fingerprint density at radius 1 is 1.23 bits per heavy atom. The van der Waals surface area contributed by atoms with Crippen LogP contribution < -0.4 is 15.4 Å². The van der Waals surface area contributed by atoms with Gasteiger partial charge in [0.2, 0.25) is 0 Å². The minimum Gasteiger partial charge on any atom is -0.492 e. The fourth-order valence-electron chi connectivity index (χ4n) is 2.39. The van der Waals surface area contributed by atoms with Crippen molar-refractivity contribution in [3.05, 3.63) is 34.9 Å². The van der Waals surface area contributed by atoms with Crippen LogP contribution in [0.1, 0.15) is 43.1 Å². The zero-order chi connectivity index (χ0) is 19.2. The van der Waals surface area contributed by atoms with Crippen molar-refractivity contribution in [3.63, 3.8) is 0 Å². The number of amides is 2. The fraction of sp³-hybridized carbons (Fsp3) is 0.421. The van der Waals surface area contributed by atoms with Gasteiger partial charge in [-0.2, -0.15) is 0 Å². The molecule has 7 heteroatoms. The van der Waals surface area contributed by atoms with Gasteiger partial charge in [0.05, 0.1) is 12.2 Å². The van der Waals surface area contributed by atoms with E-state index in [9.17, 15) is 14.4 Å². The van der Waals surface area contributed by atoms with E-state index < -0.39 is 11.7 Å². The Labute approximate surface area is 152 Å². The lowest BCUT2D eigenvalue weighted by atomic mass is 10.1. The molecule has 1 aliphatic heterocycles. The summed E-state index contributed by atoms with van der Waals surface area (Å²) >= 11 is 0. The second kappa shape index (κ2) is 8.51. The average molecular weight is 360 g/mol. The first-order valence-electron chi connectivity index (χ1n) is 8.47. The largest absolute Gasteiger partial charge is 0.492 e. The Kier molecular flexibility index (Phi) is 6.38. The molecule has 0 saturated heterocycles. The van der Waals surface area contributed by atoms with Crippen LogP contribution in [0.4, 0.5) is 4.79 Å². The van der Waals surface area contributed by atoms with Gasteiger partial charge in [-0.25, -0.2) is 4.79 Å². The van der Waals surface area contributed by atoms with Gasteiger partial charge in [0.1, 0.15) is 17.6 Å². The van der Waals surface area contributed by atoms with E-state index in [-0.39, 0.29) is 19.0 Å². The highest BCUT2D eigenvalue weighted by molar-refractivity contribution is 5.98. The molecule has 7 nitrogen and oxygen atoms in total. The quantitative estimate of drug-likeness (QED) is 0.621. The molecule has 0 fully saturated rings. The van der Waals surface area contributed by atoms with Crippen LogP contribution in [0, 0.1) is 0 Å². The monoisotopic (exact) mass is 360 g/mol. The lowest BCUT2D eigenvalue weighted by Crippen LogP contribution is -2.38. The first-order chi connectivity index (χ1) is 12.3. The number of aldehydes is 1. The van der Waals surface area contributed by atoms with Gasteiger partial charge in [0.15, 0.2) is 0 Å². The number of benzene rings is 1. The molecular weight excluding hydrogens is 336 g/mol. The molecule has 1 aromatic carbocycles. The molecule has 0 bridgehead atoms. The van der Waals surface area contributed by atoms with Crippen molar-refractivity contribution in [1.82, 2.24) is 10.6 Å². The number of hydrogen-bond acceptors (Lipinski definition) is 5. The van der Waals surface area contributed by atoms with Gasteiger partial charge >= 0.3 is 6.09 Å². The van der Waals surface area contributed by atoms with E-state index in [0.717, 1.165) is 6.29 Å². The number of hydrogen-bond donors (Lipinski definition) is 2. The van der Waals surface area contributed by atoms with Gasteiger partial charge < -0.3 is 20.1 Å². The maximum Gasteiger partial charge on any atom is 0.407 e. The van der Waals surface area contributed by atoms with Crippen LogP contribution in [0.15, 0.2) is 23.8 Å². The summed E-state index contributed by atoms with van der Waals surface area (Å²) in [5, 5.41) is 5.31. The lowest BCUT2D eigenvalue weighted by molar-refractivity contribution is -0.105. The Balaban J connectivity index is 1.94. The zero-order valence-electron chi connectivity index (χ0n) is 15.3. The van der Waals surface area contributed by atoms with Crippen molar-refractivity contribution in [2.24, 2.45) is 0 Å². The third kappa shape index (κ3) is 5.61. The molecule has 0 aliphatic carbocycles. The van der Waals surface area contributed by atoms with Gasteiger partial charge in [-0.1, -0.05) is 12.1 Å². The van der Waals surface area contributed by atoms with Gasteiger partial charge in [-0.3, -0.25) is 9.59 Å². The molecule has 1 aromatic rings. The number of carbonyl (C=O) groups is 3. The third-order valence-corrected chi connectivity index (χ3v) is 3.50. The summed E-state index contributed by atoms with van der Waals surface area (Å²) in [6.45, 7) is 6.16. The first-order valence-corrected chi connectivity index (χ1v) is 8.47. The number of alkyl carbamates (subject to hydrolysis) is 1. The topological polar surface area (TPSA) is 93.7 Å². The molecule has 2 amide bonds. The van der Waals surface area contributed by atoms with Gasteiger partial charge in [0.25, 0.3) is 5.91 Å². The van der Waals surface area contributed by atoms with Crippen molar-refractivity contribution < 1.29 is 23.9 Å². The summed E-state index contributed by atoms with van der Waals surface area (Å²) in [5.74, 6) is 0.151. The van der Waals surface area contributed by atoms with E-state index in [0.29, 0.717) is 35.5 Å². The molecule has 0 saturated carbocycles. The second-order valence-corrected chi connectivity index (χ2v) is 6.84. The van der Waals surface area contributed by atoms with E-state index in [1.165, 1.54) is 0 Å². The van der Waals surface area contributed by atoms with E-state index >= 15 is 0 Å². The Morgan fingerprint density at radius 2 is 1.96 bits per heavy atom. The van der Waals surface area contributed by atoms with Gasteiger partial charge in [-0.15, -0.1) is 0 Å². The number of ether oxygens (including phenoxy) is 2. The lowest BCUT2D eigenvalue weighted by Gasteiger charge is -2.19. The molecule has 0 radical (unpaired) electrons. The maximum absolute atomic E-state index is 12.4. The summed E-state index contributed by atoms with van der Waals surface area (Å²) in [7, 11) is 0. The maximum atomic E-state index is 12.4. The highest BCUT2D eigenvalue weighted by Gasteiger charge is 2.18. The molecule has 0 atom stereocenters. The summed E-state index contributed by atoms with van der Waals surface area (Å²) in [6, 6.07) is 5.19. The number of para-hydroxylation sites is 1. The number of nitrogens with one attached hydrogen (secondary N) is 2. The predicted molar refractivity (Wildman–Crippen MR) is 97.2 cm³/mol. The van der Waals surface area contributed by atoms with Crippen molar-refractivity contribution in [1.29, 1.82) is 0 Å². The van der Waals surface area contributed by atoms with Crippen LogP contribution in [0.5, 0.6) is 5.75 Å². The summed E-state index contributed by atoms with van der Waals surface area (Å²) in [4.78, 5) is 35.0. The Bertz CT molecular complexity index is 719. The fourth-order valence-corrected chi connectivity index (χ4v) is 2.39. The van der Waals surface area contributed by atoms with Crippen molar-refractivity contribution in [2.45, 2.75) is 32.8 Å². The van der Waals surface area contributed by atoms with E-state index in [2.05, 4.69) is 10.6 Å². The van der Waals surface area contributed by atoms with Crippen LogP contribution in [0.25, 0.3) is 6.08 Å². The van der Waals surface area contributed by atoms with Crippen molar-refractivity contribution >= 4 is 24.4 Å². The molecule has 26 heavy (non-hydrogen) atoms. The normalized spacial score (nSPS) is 13.4. The van der Waals surface area contributed by atoms with Crippen LogP contribution >= 0.6 is 0 Å². The minimum atomic E-state index is -0.569. The molecule has 2 rings (SSSR count). The molecular formula is C19H24N2O5. The Hall–Kier alpha value is -2.83. The molecule has 1 heterocycles. The Morgan fingerprint density at radius 3 is 2.65 bits per heavy atom. The van der Waals surface area contributed by atoms with E-state index in [1.807, 2.05) is 0 Å². The van der Waals surface area contributed by atoms with Crippen LogP contribution in [-0.4, -0.2) is 43.6 Å². The second-order valence-electron chi connectivity index (χ2n) is 6.84. The standard InChI is InChI=1S/C19H24N2O5/c1-19(2,3)26-18(24)21-9-8-20-17(23)15-6-4-5-14-11-13(12-22)7-10-25-16(14)15/h4-6,11-12H,7-10H2,1-3H3,(H,20,23)(H,21,24). The SMILES string of the molecule is CC(C)(C)OC(=O)NCCNC(=O)c1cccc2c1OCCC(C=O)=C2. The highest BCUT2D eigenvalue weighted by atomic mass is 16.6. The molecule has 0 spiro atoms. The molecule has 0 unspecified atom stereocenters. The predicted octanol–water partition coefficient (Wildman–Crippen LogP) is 2.31. The minimum absolute atomic E-state index is 0.242. The number of carbonyl (C=O) groups excluding carboxylic acids is 3. The average Bonchev–Trinajstić information content (AvgIpc) is 2.78. The molecule has 2 N–H and O–H groups in total. The summed E-state index contributed by atoms with van der Waals surface area (Å²) in [5.41, 5.74) is 1.15. The molecule has 1 aliphatic rings. The van der Waals surface area contributed by atoms with Crippen LogP contribution in [0.2, 0.25) is 0 Å². The molecule has 140 valence electrons. The smallest absolute Gasteiger partial charge is 0.407 e. The number of rotatable bonds is 5. The summed E-state index contributed by atoms with van der Waals surface area (Å²) in [6.07, 6.45) is 2.50. The highest BCUT2D eigenvalue weighted by Crippen LogP contribution is 2.29. The van der Waals surface area contributed by atoms with Crippen molar-refractivity contribution in [2.75, 3.05) is 19.7 Å². The summed E-state index contributed by atoms with van der Waals surface area (Å²) < 4.78 is 10.8. The number of fused-ring (bicyclic) bond motifs is 1. The van der Waals surface area contributed by atoms with Crippen LogP contribution in [0.3, 0.4) is 0 Å². The molecule has 0 aromatic heterocycles.